The summed E-state index contributed by atoms with van der Waals surface area (Å²) in [5.74, 6) is -3.16. The zero-order valence-electron chi connectivity index (χ0n) is 9.31. The average molecular weight is 293 g/mol. The molecule has 0 saturated carbocycles. The summed E-state index contributed by atoms with van der Waals surface area (Å²) in [5, 5.41) is 18.5. The van der Waals surface area contributed by atoms with Gasteiger partial charge in [0.15, 0.2) is 0 Å². The number of hydrogen-bond acceptors (Lipinski definition) is 3. The third-order valence-electron chi connectivity index (χ3n) is 2.48. The molecule has 5 nitrogen and oxygen atoms in total. The van der Waals surface area contributed by atoms with Crippen molar-refractivity contribution in [3.63, 3.8) is 0 Å². The summed E-state index contributed by atoms with van der Waals surface area (Å²) in [6.07, 6.45) is -0.356. The van der Waals surface area contributed by atoms with Crippen LogP contribution in [-0.2, 0) is 20.7 Å². The Morgan fingerprint density at radius 3 is 2.17 bits per heavy atom. The van der Waals surface area contributed by atoms with E-state index in [1.165, 1.54) is 18.2 Å². The highest BCUT2D eigenvalue weighted by Gasteiger charge is 2.47. The first-order valence-electron chi connectivity index (χ1n) is 4.79. The van der Waals surface area contributed by atoms with Gasteiger partial charge in [0.05, 0.1) is 10.0 Å². The van der Waals surface area contributed by atoms with Crippen LogP contribution in [0.5, 0.6) is 0 Å². The molecule has 0 aromatic heterocycles. The van der Waals surface area contributed by atoms with Crippen LogP contribution in [0.2, 0.25) is 10.0 Å². The number of carboxylic acid groups (broad SMARTS) is 2. The summed E-state index contributed by atoms with van der Waals surface area (Å²) < 4.78 is 4.66. The number of carboxylic acids is 2. The van der Waals surface area contributed by atoms with Gasteiger partial charge in [-0.3, -0.25) is 0 Å². The van der Waals surface area contributed by atoms with Crippen LogP contribution in [0.1, 0.15) is 5.56 Å². The molecule has 0 amide bonds. The van der Waals surface area contributed by atoms with Crippen molar-refractivity contribution >= 4 is 35.1 Å². The molecule has 0 unspecified atom stereocenters. The molecule has 0 aliphatic carbocycles. The molecule has 0 bridgehead atoms. The Labute approximate surface area is 113 Å². The van der Waals surface area contributed by atoms with Crippen LogP contribution >= 0.6 is 23.2 Å². The second kappa shape index (κ2) is 5.56. The standard InChI is InChI=1S/C11H10Cl2O5/c1-18-11(9(14)15,10(16)17)5-6-2-3-7(12)8(13)4-6/h2-4H,5H2,1H3,(H,14,15)(H,16,17). The Hall–Kier alpha value is -1.30. The Morgan fingerprint density at radius 2 is 1.78 bits per heavy atom. The Bertz CT molecular complexity index is 472. The van der Waals surface area contributed by atoms with Crippen molar-refractivity contribution in [2.75, 3.05) is 7.11 Å². The topological polar surface area (TPSA) is 83.8 Å². The lowest BCUT2D eigenvalue weighted by Gasteiger charge is -2.23. The maximum absolute atomic E-state index is 11.1. The van der Waals surface area contributed by atoms with E-state index in [2.05, 4.69) is 4.74 Å². The predicted octanol–water partition coefficient (Wildman–Crippen LogP) is 2.09. The van der Waals surface area contributed by atoms with E-state index in [1.54, 1.807) is 0 Å². The van der Waals surface area contributed by atoms with Gasteiger partial charge in [-0.15, -0.1) is 0 Å². The third kappa shape index (κ3) is 2.75. The summed E-state index contributed by atoms with van der Waals surface area (Å²) in [6.45, 7) is 0. The molecule has 0 aliphatic rings. The molecular formula is C11H10Cl2O5. The largest absolute Gasteiger partial charge is 0.479 e. The molecule has 1 aromatic rings. The maximum atomic E-state index is 11.1. The van der Waals surface area contributed by atoms with Crippen molar-refractivity contribution < 1.29 is 24.5 Å². The van der Waals surface area contributed by atoms with Crippen LogP contribution in [0.4, 0.5) is 0 Å². The lowest BCUT2D eigenvalue weighted by atomic mass is 9.94. The highest BCUT2D eigenvalue weighted by atomic mass is 35.5. The molecule has 0 saturated heterocycles. The van der Waals surface area contributed by atoms with Gasteiger partial charge >= 0.3 is 11.9 Å². The minimum absolute atomic E-state index is 0.218. The van der Waals surface area contributed by atoms with Gasteiger partial charge in [-0.25, -0.2) is 9.59 Å². The van der Waals surface area contributed by atoms with E-state index >= 15 is 0 Å². The van der Waals surface area contributed by atoms with E-state index in [0.29, 0.717) is 10.6 Å². The number of benzene rings is 1. The lowest BCUT2D eigenvalue weighted by molar-refractivity contribution is -0.179. The van der Waals surface area contributed by atoms with E-state index < -0.39 is 17.5 Å². The van der Waals surface area contributed by atoms with E-state index in [4.69, 9.17) is 33.4 Å². The van der Waals surface area contributed by atoms with Crippen LogP contribution in [0.25, 0.3) is 0 Å². The van der Waals surface area contributed by atoms with Crippen molar-refractivity contribution in [2.45, 2.75) is 12.0 Å². The summed E-state index contributed by atoms with van der Waals surface area (Å²) in [4.78, 5) is 22.2. The number of methoxy groups -OCH3 is 1. The fourth-order valence-corrected chi connectivity index (χ4v) is 1.75. The van der Waals surface area contributed by atoms with Crippen molar-refractivity contribution in [2.24, 2.45) is 0 Å². The number of halogens is 2. The predicted molar refractivity (Wildman–Crippen MR) is 65.2 cm³/mol. The monoisotopic (exact) mass is 292 g/mol. The summed E-state index contributed by atoms with van der Waals surface area (Å²) in [7, 11) is 1.03. The normalized spacial score (nSPS) is 11.3. The molecule has 0 radical (unpaired) electrons. The Balaban J connectivity index is 3.14. The summed E-state index contributed by atoms with van der Waals surface area (Å²) in [5.41, 5.74) is -1.94. The van der Waals surface area contributed by atoms with Crippen LogP contribution in [0, 0.1) is 0 Å². The molecular weight excluding hydrogens is 283 g/mol. The number of aliphatic carboxylic acids is 2. The van der Waals surface area contributed by atoms with Crippen molar-refractivity contribution in [1.82, 2.24) is 0 Å². The first-order chi connectivity index (χ1) is 8.33. The number of carbonyl (C=O) groups is 2. The average Bonchev–Trinajstić information content (AvgIpc) is 2.29. The smallest absolute Gasteiger partial charge is 0.348 e. The van der Waals surface area contributed by atoms with E-state index in [0.717, 1.165) is 7.11 Å². The van der Waals surface area contributed by atoms with Crippen molar-refractivity contribution in [3.8, 4) is 0 Å². The highest BCUT2D eigenvalue weighted by Crippen LogP contribution is 2.26. The van der Waals surface area contributed by atoms with Gasteiger partial charge in [0.2, 0.25) is 0 Å². The lowest BCUT2D eigenvalue weighted by Crippen LogP contribution is -2.50. The van der Waals surface area contributed by atoms with E-state index in [9.17, 15) is 9.59 Å². The molecule has 0 fully saturated rings. The number of hydrogen-bond donors (Lipinski definition) is 2. The van der Waals surface area contributed by atoms with Crippen molar-refractivity contribution in [1.29, 1.82) is 0 Å². The van der Waals surface area contributed by atoms with Crippen molar-refractivity contribution in [3.05, 3.63) is 33.8 Å². The third-order valence-corrected chi connectivity index (χ3v) is 3.22. The van der Waals surface area contributed by atoms with E-state index in [-0.39, 0.29) is 11.4 Å². The van der Waals surface area contributed by atoms with Gasteiger partial charge < -0.3 is 14.9 Å². The Kier molecular flexibility index (Phi) is 4.56. The van der Waals surface area contributed by atoms with Gasteiger partial charge in [-0.2, -0.15) is 0 Å². The second-order valence-corrected chi connectivity index (χ2v) is 4.38. The van der Waals surface area contributed by atoms with Gasteiger partial charge in [-0.1, -0.05) is 29.3 Å². The molecule has 0 heterocycles. The van der Waals surface area contributed by atoms with Gasteiger partial charge in [0.25, 0.3) is 5.60 Å². The summed E-state index contributed by atoms with van der Waals surface area (Å²) in [6, 6.07) is 4.36. The molecule has 0 spiro atoms. The number of ether oxygens (including phenoxy) is 1. The van der Waals surface area contributed by atoms with Gasteiger partial charge in [-0.05, 0) is 17.7 Å². The van der Waals surface area contributed by atoms with Gasteiger partial charge in [0, 0.05) is 13.5 Å². The van der Waals surface area contributed by atoms with Crippen LogP contribution in [0.15, 0.2) is 18.2 Å². The van der Waals surface area contributed by atoms with E-state index in [1.807, 2.05) is 0 Å². The van der Waals surface area contributed by atoms with Crippen LogP contribution in [-0.4, -0.2) is 34.9 Å². The minimum Gasteiger partial charge on any atom is -0.479 e. The second-order valence-electron chi connectivity index (χ2n) is 3.57. The fraction of sp³-hybridized carbons (Fsp3) is 0.273. The van der Waals surface area contributed by atoms with Crippen LogP contribution < -0.4 is 0 Å². The quantitative estimate of drug-likeness (QED) is 0.812. The zero-order valence-corrected chi connectivity index (χ0v) is 10.8. The minimum atomic E-state index is -2.34. The molecule has 1 aromatic carbocycles. The van der Waals surface area contributed by atoms with Crippen LogP contribution in [0.3, 0.4) is 0 Å². The molecule has 1 rings (SSSR count). The molecule has 98 valence electrons. The molecule has 2 N–H and O–H groups in total. The highest BCUT2D eigenvalue weighted by molar-refractivity contribution is 6.42. The molecule has 7 heteroatoms. The maximum Gasteiger partial charge on any atom is 0.348 e. The zero-order chi connectivity index (χ0) is 13.9. The molecule has 0 aliphatic heterocycles. The first kappa shape index (κ1) is 14.8. The Morgan fingerprint density at radius 1 is 1.22 bits per heavy atom. The number of rotatable bonds is 5. The molecule has 18 heavy (non-hydrogen) atoms. The first-order valence-corrected chi connectivity index (χ1v) is 5.55. The fourth-order valence-electron chi connectivity index (χ4n) is 1.43. The SMILES string of the molecule is COC(Cc1ccc(Cl)c(Cl)c1)(C(=O)O)C(=O)O. The summed E-state index contributed by atoms with van der Waals surface area (Å²) >= 11 is 11.5. The van der Waals surface area contributed by atoms with Gasteiger partial charge in [0.1, 0.15) is 0 Å². The molecule has 0 atom stereocenters.